The van der Waals surface area contributed by atoms with E-state index >= 15 is 0 Å². The van der Waals surface area contributed by atoms with Crippen LogP contribution in [0.1, 0.15) is 34.1 Å². The fourth-order valence-electron chi connectivity index (χ4n) is 1.43. The van der Waals surface area contributed by atoms with Crippen LogP contribution in [-0.2, 0) is 0 Å². The van der Waals surface area contributed by atoms with Crippen molar-refractivity contribution in [2.75, 3.05) is 6.54 Å². The Hall–Kier alpha value is -0.610. The number of benzene rings is 1. The van der Waals surface area contributed by atoms with E-state index in [0.29, 0.717) is 10.2 Å². The Balaban J connectivity index is 2.59. The second-order valence-electron chi connectivity index (χ2n) is 5.35. The summed E-state index contributed by atoms with van der Waals surface area (Å²) < 4.78 is 19.6. The highest BCUT2D eigenvalue weighted by Crippen LogP contribution is 2.22. The summed E-state index contributed by atoms with van der Waals surface area (Å²) in [5.74, 6) is 0.268. The van der Waals surface area contributed by atoms with Crippen molar-refractivity contribution in [2.24, 2.45) is 0 Å². The molecule has 0 bridgehead atoms. The number of halogens is 2. The van der Waals surface area contributed by atoms with Crippen LogP contribution in [0.15, 0.2) is 22.7 Å². The van der Waals surface area contributed by atoms with Crippen molar-refractivity contribution in [1.29, 1.82) is 0 Å². The SMILES string of the molecule is CCC(CNC(C)(C)C)Oc1ccc(Br)c(F)c1. The van der Waals surface area contributed by atoms with Crippen molar-refractivity contribution < 1.29 is 9.13 Å². The molecule has 0 amide bonds. The molecule has 0 aliphatic carbocycles. The minimum Gasteiger partial charge on any atom is -0.489 e. The second kappa shape index (κ2) is 6.53. The maximum absolute atomic E-state index is 13.4. The van der Waals surface area contributed by atoms with Crippen LogP contribution in [0.2, 0.25) is 0 Å². The fourth-order valence-corrected chi connectivity index (χ4v) is 1.68. The summed E-state index contributed by atoms with van der Waals surface area (Å²) in [7, 11) is 0. The lowest BCUT2D eigenvalue weighted by Gasteiger charge is -2.25. The van der Waals surface area contributed by atoms with Crippen LogP contribution < -0.4 is 10.1 Å². The molecule has 18 heavy (non-hydrogen) atoms. The molecule has 0 radical (unpaired) electrons. The van der Waals surface area contributed by atoms with Crippen LogP contribution in [0.4, 0.5) is 4.39 Å². The van der Waals surface area contributed by atoms with E-state index in [0.717, 1.165) is 13.0 Å². The van der Waals surface area contributed by atoms with E-state index in [4.69, 9.17) is 4.74 Å². The van der Waals surface area contributed by atoms with Crippen LogP contribution in [0.3, 0.4) is 0 Å². The predicted octanol–water partition coefficient (Wildman–Crippen LogP) is 4.13. The maximum Gasteiger partial charge on any atom is 0.141 e. The van der Waals surface area contributed by atoms with E-state index in [1.54, 1.807) is 12.1 Å². The molecule has 0 aromatic heterocycles. The zero-order valence-electron chi connectivity index (χ0n) is 11.4. The van der Waals surface area contributed by atoms with Crippen LogP contribution in [0, 0.1) is 5.82 Å². The van der Waals surface area contributed by atoms with Gasteiger partial charge in [-0.25, -0.2) is 4.39 Å². The number of rotatable bonds is 5. The van der Waals surface area contributed by atoms with Crippen molar-refractivity contribution in [3.63, 3.8) is 0 Å². The number of hydrogen-bond acceptors (Lipinski definition) is 2. The molecule has 0 fully saturated rings. The van der Waals surface area contributed by atoms with Crippen LogP contribution in [0.25, 0.3) is 0 Å². The Morgan fingerprint density at radius 3 is 2.56 bits per heavy atom. The molecule has 0 saturated heterocycles. The first-order valence-electron chi connectivity index (χ1n) is 6.18. The molecular weight excluding hydrogens is 297 g/mol. The van der Waals surface area contributed by atoms with Gasteiger partial charge < -0.3 is 10.1 Å². The third-order valence-corrected chi connectivity index (χ3v) is 3.15. The van der Waals surface area contributed by atoms with Gasteiger partial charge in [0.15, 0.2) is 0 Å². The molecule has 0 spiro atoms. The largest absolute Gasteiger partial charge is 0.489 e. The lowest BCUT2D eigenvalue weighted by atomic mass is 10.1. The average molecular weight is 318 g/mol. The molecule has 0 aliphatic heterocycles. The molecule has 1 N–H and O–H groups in total. The maximum atomic E-state index is 13.4. The standard InChI is InChI=1S/C14H21BrFNO/c1-5-10(9-17-14(2,3)4)18-11-6-7-12(15)13(16)8-11/h6-8,10,17H,5,9H2,1-4H3. The van der Waals surface area contributed by atoms with Crippen LogP contribution >= 0.6 is 15.9 Å². The lowest BCUT2D eigenvalue weighted by Crippen LogP contribution is -2.42. The van der Waals surface area contributed by atoms with Gasteiger partial charge in [0.25, 0.3) is 0 Å². The van der Waals surface area contributed by atoms with E-state index in [1.165, 1.54) is 6.07 Å². The number of ether oxygens (including phenoxy) is 1. The molecule has 1 unspecified atom stereocenters. The number of hydrogen-bond donors (Lipinski definition) is 1. The third-order valence-electron chi connectivity index (χ3n) is 2.51. The Morgan fingerprint density at radius 1 is 1.39 bits per heavy atom. The summed E-state index contributed by atoms with van der Waals surface area (Å²) in [5.41, 5.74) is 0.0573. The zero-order valence-corrected chi connectivity index (χ0v) is 13.0. The van der Waals surface area contributed by atoms with E-state index < -0.39 is 0 Å². The summed E-state index contributed by atoms with van der Waals surface area (Å²) in [6.07, 6.45) is 0.922. The molecule has 102 valence electrons. The Morgan fingerprint density at radius 2 is 2.06 bits per heavy atom. The van der Waals surface area contributed by atoms with E-state index in [2.05, 4.69) is 48.9 Å². The van der Waals surface area contributed by atoms with Crippen molar-refractivity contribution in [3.05, 3.63) is 28.5 Å². The normalized spacial score (nSPS) is 13.4. The summed E-state index contributed by atoms with van der Waals surface area (Å²) >= 11 is 3.13. The summed E-state index contributed by atoms with van der Waals surface area (Å²) in [6, 6.07) is 4.84. The van der Waals surface area contributed by atoms with Crippen molar-refractivity contribution in [3.8, 4) is 5.75 Å². The molecule has 4 heteroatoms. The quantitative estimate of drug-likeness (QED) is 0.881. The first kappa shape index (κ1) is 15.4. The van der Waals surface area contributed by atoms with Gasteiger partial charge in [-0.05, 0) is 55.3 Å². The van der Waals surface area contributed by atoms with Gasteiger partial charge in [0, 0.05) is 18.2 Å². The summed E-state index contributed by atoms with van der Waals surface area (Å²) in [4.78, 5) is 0. The van der Waals surface area contributed by atoms with Gasteiger partial charge in [0.1, 0.15) is 17.7 Å². The molecule has 1 rings (SSSR count). The lowest BCUT2D eigenvalue weighted by molar-refractivity contribution is 0.180. The molecule has 0 saturated carbocycles. The van der Waals surface area contributed by atoms with Gasteiger partial charge in [0.2, 0.25) is 0 Å². The minimum absolute atomic E-state index is 0.0461. The molecule has 1 atom stereocenters. The zero-order chi connectivity index (χ0) is 13.8. The van der Waals surface area contributed by atoms with Crippen molar-refractivity contribution in [1.82, 2.24) is 5.32 Å². The predicted molar refractivity (Wildman–Crippen MR) is 76.6 cm³/mol. The molecule has 0 aliphatic rings. The topological polar surface area (TPSA) is 21.3 Å². The van der Waals surface area contributed by atoms with Crippen molar-refractivity contribution in [2.45, 2.75) is 45.8 Å². The minimum atomic E-state index is -0.300. The third kappa shape index (κ3) is 5.36. The van der Waals surface area contributed by atoms with Gasteiger partial charge >= 0.3 is 0 Å². The van der Waals surface area contributed by atoms with Gasteiger partial charge in [-0.1, -0.05) is 6.92 Å². The summed E-state index contributed by atoms with van der Waals surface area (Å²) in [6.45, 7) is 9.14. The summed E-state index contributed by atoms with van der Waals surface area (Å²) in [5, 5.41) is 3.39. The van der Waals surface area contributed by atoms with Gasteiger partial charge in [0.05, 0.1) is 4.47 Å². The van der Waals surface area contributed by atoms with E-state index in [9.17, 15) is 4.39 Å². The Kier molecular flexibility index (Phi) is 5.60. The van der Waals surface area contributed by atoms with Gasteiger partial charge in [-0.15, -0.1) is 0 Å². The van der Waals surface area contributed by atoms with E-state index in [1.807, 2.05) is 0 Å². The second-order valence-corrected chi connectivity index (χ2v) is 6.21. The number of nitrogens with one attached hydrogen (secondary N) is 1. The monoisotopic (exact) mass is 317 g/mol. The smallest absolute Gasteiger partial charge is 0.141 e. The molecule has 1 aromatic carbocycles. The molecular formula is C14H21BrFNO. The molecule has 2 nitrogen and oxygen atoms in total. The Labute approximate surface area is 117 Å². The van der Waals surface area contributed by atoms with Crippen LogP contribution in [-0.4, -0.2) is 18.2 Å². The highest BCUT2D eigenvalue weighted by atomic mass is 79.9. The highest BCUT2D eigenvalue weighted by molar-refractivity contribution is 9.10. The van der Waals surface area contributed by atoms with Gasteiger partial charge in [-0.2, -0.15) is 0 Å². The van der Waals surface area contributed by atoms with Crippen LogP contribution in [0.5, 0.6) is 5.75 Å². The highest BCUT2D eigenvalue weighted by Gasteiger charge is 2.14. The molecule has 0 heterocycles. The van der Waals surface area contributed by atoms with Gasteiger partial charge in [-0.3, -0.25) is 0 Å². The molecule has 1 aromatic rings. The first-order valence-corrected chi connectivity index (χ1v) is 6.98. The fraction of sp³-hybridized carbons (Fsp3) is 0.571. The van der Waals surface area contributed by atoms with E-state index in [-0.39, 0.29) is 17.5 Å². The Bertz CT molecular complexity index is 390. The average Bonchev–Trinajstić information content (AvgIpc) is 2.28. The first-order chi connectivity index (χ1) is 8.31. The van der Waals surface area contributed by atoms with Crippen molar-refractivity contribution >= 4 is 15.9 Å².